The van der Waals surface area contributed by atoms with Crippen molar-refractivity contribution in [2.24, 2.45) is 0 Å². The van der Waals surface area contributed by atoms with E-state index in [2.05, 4.69) is 35.2 Å². The highest BCUT2D eigenvalue weighted by atomic mass is 16.5. The zero-order chi connectivity index (χ0) is 22.6. The molecule has 1 heterocycles. The lowest BCUT2D eigenvalue weighted by atomic mass is 9.69. The number of fused-ring (bicyclic) bond motifs is 1. The predicted octanol–water partition coefficient (Wildman–Crippen LogP) is 5.82. The number of phenolic OH excluding ortho intramolecular Hbond substituents is 2. The van der Waals surface area contributed by atoms with Crippen molar-refractivity contribution in [2.45, 2.75) is 43.9 Å². The lowest BCUT2D eigenvalue weighted by molar-refractivity contribution is 0.183. The summed E-state index contributed by atoms with van der Waals surface area (Å²) in [7, 11) is 0. The summed E-state index contributed by atoms with van der Waals surface area (Å²) in [4.78, 5) is 2.49. The molecule has 2 unspecified atom stereocenters. The molecule has 172 valence electrons. The van der Waals surface area contributed by atoms with Crippen LogP contribution in [0.15, 0.2) is 66.7 Å². The Morgan fingerprint density at radius 1 is 0.788 bits per heavy atom. The highest BCUT2D eigenvalue weighted by Crippen LogP contribution is 2.47. The second-order valence-electron chi connectivity index (χ2n) is 9.42. The zero-order valence-electron chi connectivity index (χ0n) is 19.1. The Balaban J connectivity index is 1.36. The van der Waals surface area contributed by atoms with E-state index in [0.29, 0.717) is 17.4 Å². The average Bonchev–Trinajstić information content (AvgIpc) is 2.85. The summed E-state index contributed by atoms with van der Waals surface area (Å²) in [6, 6.07) is 22.0. The number of benzene rings is 3. The van der Waals surface area contributed by atoms with Crippen molar-refractivity contribution in [2.75, 3.05) is 26.2 Å². The molecule has 4 heteroatoms. The number of phenols is 2. The number of hydrogen-bond acceptors (Lipinski definition) is 4. The lowest BCUT2D eigenvalue weighted by Gasteiger charge is -2.35. The summed E-state index contributed by atoms with van der Waals surface area (Å²) in [6.07, 6.45) is 5.90. The van der Waals surface area contributed by atoms with Crippen LogP contribution in [0.2, 0.25) is 0 Å². The molecule has 0 amide bonds. The Bertz CT molecular complexity index is 1060. The van der Waals surface area contributed by atoms with Gasteiger partial charge in [-0.25, -0.2) is 0 Å². The molecule has 3 aromatic rings. The van der Waals surface area contributed by atoms with Gasteiger partial charge in [-0.1, -0.05) is 36.8 Å². The molecule has 2 atom stereocenters. The Morgan fingerprint density at radius 3 is 2.24 bits per heavy atom. The molecule has 3 aromatic carbocycles. The van der Waals surface area contributed by atoms with E-state index in [0.717, 1.165) is 31.7 Å². The van der Waals surface area contributed by atoms with Crippen molar-refractivity contribution in [3.05, 3.63) is 89.0 Å². The monoisotopic (exact) mass is 443 g/mol. The number of ether oxygens (including phenoxy) is 1. The van der Waals surface area contributed by atoms with Crippen molar-refractivity contribution in [3.8, 4) is 17.2 Å². The van der Waals surface area contributed by atoms with Crippen LogP contribution in [0.3, 0.4) is 0 Å². The molecule has 0 spiro atoms. The van der Waals surface area contributed by atoms with E-state index in [1.165, 1.54) is 54.6 Å². The first-order chi connectivity index (χ1) is 16.2. The van der Waals surface area contributed by atoms with Gasteiger partial charge in [0.1, 0.15) is 23.9 Å². The summed E-state index contributed by atoms with van der Waals surface area (Å²) >= 11 is 0. The second-order valence-corrected chi connectivity index (χ2v) is 9.42. The van der Waals surface area contributed by atoms with E-state index in [4.69, 9.17) is 4.74 Å². The Kier molecular flexibility index (Phi) is 6.54. The Labute approximate surface area is 196 Å². The van der Waals surface area contributed by atoms with E-state index in [-0.39, 0.29) is 5.92 Å². The summed E-state index contributed by atoms with van der Waals surface area (Å²) in [6.45, 7) is 4.10. The van der Waals surface area contributed by atoms with E-state index < -0.39 is 0 Å². The first-order valence-electron chi connectivity index (χ1n) is 12.2. The molecule has 4 nitrogen and oxygen atoms in total. The van der Waals surface area contributed by atoms with Crippen LogP contribution in [0.1, 0.15) is 59.8 Å². The summed E-state index contributed by atoms with van der Waals surface area (Å²) in [5.41, 5.74) is 4.98. The highest BCUT2D eigenvalue weighted by Gasteiger charge is 2.32. The topological polar surface area (TPSA) is 52.9 Å². The average molecular weight is 444 g/mol. The fourth-order valence-corrected chi connectivity index (χ4v) is 5.55. The van der Waals surface area contributed by atoms with Crippen LogP contribution in [0.5, 0.6) is 17.2 Å². The molecule has 0 aromatic heterocycles. The maximum absolute atomic E-state index is 10.0. The maximum Gasteiger partial charge on any atom is 0.119 e. The van der Waals surface area contributed by atoms with Crippen LogP contribution in [0.4, 0.5) is 0 Å². The van der Waals surface area contributed by atoms with Crippen molar-refractivity contribution in [1.29, 1.82) is 0 Å². The van der Waals surface area contributed by atoms with Gasteiger partial charge in [0.15, 0.2) is 0 Å². The molecule has 33 heavy (non-hydrogen) atoms. The largest absolute Gasteiger partial charge is 0.508 e. The molecule has 0 radical (unpaired) electrons. The van der Waals surface area contributed by atoms with Gasteiger partial charge >= 0.3 is 0 Å². The van der Waals surface area contributed by atoms with Crippen LogP contribution in [0.25, 0.3) is 0 Å². The van der Waals surface area contributed by atoms with E-state index in [1.54, 1.807) is 18.2 Å². The van der Waals surface area contributed by atoms with Crippen molar-refractivity contribution < 1.29 is 14.9 Å². The van der Waals surface area contributed by atoms with Gasteiger partial charge in [-0.2, -0.15) is 0 Å². The van der Waals surface area contributed by atoms with Crippen LogP contribution < -0.4 is 4.74 Å². The van der Waals surface area contributed by atoms with Crippen LogP contribution in [-0.2, 0) is 6.42 Å². The number of nitrogens with zero attached hydrogens (tertiary/aromatic N) is 1. The molecule has 2 N–H and O–H groups in total. The van der Waals surface area contributed by atoms with Gasteiger partial charge in [0, 0.05) is 12.5 Å². The molecule has 0 saturated carbocycles. The smallest absolute Gasteiger partial charge is 0.119 e. The molecule has 1 fully saturated rings. The van der Waals surface area contributed by atoms with Gasteiger partial charge in [-0.3, -0.25) is 4.90 Å². The number of piperidine rings is 1. The molecule has 1 aliphatic carbocycles. The van der Waals surface area contributed by atoms with Gasteiger partial charge < -0.3 is 14.9 Å². The third-order valence-electron chi connectivity index (χ3n) is 7.27. The van der Waals surface area contributed by atoms with Gasteiger partial charge in [0.25, 0.3) is 0 Å². The zero-order valence-corrected chi connectivity index (χ0v) is 19.1. The van der Waals surface area contributed by atoms with Crippen molar-refractivity contribution in [3.63, 3.8) is 0 Å². The molecular weight excluding hydrogens is 410 g/mol. The minimum Gasteiger partial charge on any atom is -0.508 e. The minimum atomic E-state index is 0.196. The summed E-state index contributed by atoms with van der Waals surface area (Å²) in [5.74, 6) is 2.05. The predicted molar refractivity (Wildman–Crippen MR) is 131 cm³/mol. The SMILES string of the molecule is Oc1ccc(C2CCc3cc(O)ccc3C2c2ccc(OCCN3CCCCC3)cc2)cc1. The summed E-state index contributed by atoms with van der Waals surface area (Å²) < 4.78 is 6.06. The minimum absolute atomic E-state index is 0.196. The van der Waals surface area contributed by atoms with E-state index in [9.17, 15) is 10.2 Å². The maximum atomic E-state index is 10.0. The molecule has 0 bridgehead atoms. The first kappa shape index (κ1) is 21.8. The third-order valence-corrected chi connectivity index (χ3v) is 7.27. The number of rotatable bonds is 6. The normalized spacial score (nSPS) is 20.8. The number of aryl methyl sites for hydroxylation is 1. The first-order valence-corrected chi connectivity index (χ1v) is 12.2. The molecule has 1 saturated heterocycles. The fourth-order valence-electron chi connectivity index (χ4n) is 5.55. The van der Waals surface area contributed by atoms with Crippen LogP contribution in [-0.4, -0.2) is 41.4 Å². The van der Waals surface area contributed by atoms with Gasteiger partial charge in [0.2, 0.25) is 0 Å². The van der Waals surface area contributed by atoms with Crippen molar-refractivity contribution >= 4 is 0 Å². The van der Waals surface area contributed by atoms with Gasteiger partial charge in [0.05, 0.1) is 0 Å². The standard InChI is InChI=1S/C29H33NO3/c31-24-9-4-21(5-10-24)27-14-8-23-20-25(32)11-15-28(23)29(27)22-6-12-26(13-7-22)33-19-18-30-16-2-1-3-17-30/h4-7,9-13,15,20,27,29,31-32H,1-3,8,14,16-19H2. The number of likely N-dealkylation sites (tertiary alicyclic amines) is 1. The lowest BCUT2D eigenvalue weighted by Crippen LogP contribution is -2.33. The van der Waals surface area contributed by atoms with Crippen LogP contribution in [0, 0.1) is 0 Å². The number of hydrogen-bond donors (Lipinski definition) is 2. The molecule has 5 rings (SSSR count). The highest BCUT2D eigenvalue weighted by molar-refractivity contribution is 5.48. The molecular formula is C29H33NO3. The quantitative estimate of drug-likeness (QED) is 0.504. The molecule has 2 aliphatic rings. The number of aromatic hydroxyl groups is 2. The second kappa shape index (κ2) is 9.88. The van der Waals surface area contributed by atoms with Crippen molar-refractivity contribution in [1.82, 2.24) is 4.90 Å². The van der Waals surface area contributed by atoms with Gasteiger partial charge in [-0.15, -0.1) is 0 Å². The summed E-state index contributed by atoms with van der Waals surface area (Å²) in [5, 5.41) is 19.8. The Morgan fingerprint density at radius 2 is 1.48 bits per heavy atom. The fraction of sp³-hybridized carbons (Fsp3) is 0.379. The van der Waals surface area contributed by atoms with E-state index >= 15 is 0 Å². The third kappa shape index (κ3) is 5.01. The molecule has 1 aliphatic heterocycles. The Hall–Kier alpha value is -2.98. The van der Waals surface area contributed by atoms with Gasteiger partial charge in [-0.05, 0) is 103 Å². The van der Waals surface area contributed by atoms with Crippen LogP contribution >= 0.6 is 0 Å². The van der Waals surface area contributed by atoms with E-state index in [1.807, 2.05) is 18.2 Å².